The summed E-state index contributed by atoms with van der Waals surface area (Å²) in [5, 5.41) is 7.13. The minimum absolute atomic E-state index is 0.0939. The summed E-state index contributed by atoms with van der Waals surface area (Å²) in [5.74, 6) is 0.414. The van der Waals surface area contributed by atoms with E-state index in [4.69, 9.17) is 11.6 Å². The molecule has 0 bridgehead atoms. The van der Waals surface area contributed by atoms with Crippen LogP contribution in [0.25, 0.3) is 0 Å². The second kappa shape index (κ2) is 5.54. The molecule has 1 N–H and O–H groups in total. The molecule has 96 valence electrons. The van der Waals surface area contributed by atoms with Gasteiger partial charge in [-0.05, 0) is 17.9 Å². The Kier molecular flexibility index (Phi) is 4.57. The van der Waals surface area contributed by atoms with Gasteiger partial charge in [0.05, 0.1) is 5.69 Å². The Hall–Kier alpha value is -1.03. The molecule has 1 amide bonds. The lowest BCUT2D eigenvalue weighted by atomic mass is 9.96. The molecule has 4 nitrogen and oxygen atoms in total. The summed E-state index contributed by atoms with van der Waals surface area (Å²) in [6.45, 7) is 6.60. The number of carbonyl (C=O) groups excluding carboxylic acids is 1. The van der Waals surface area contributed by atoms with Gasteiger partial charge in [0, 0.05) is 19.5 Å². The van der Waals surface area contributed by atoms with Crippen molar-refractivity contribution in [3.05, 3.63) is 17.5 Å². The van der Waals surface area contributed by atoms with Crippen molar-refractivity contribution in [2.75, 3.05) is 12.4 Å². The zero-order valence-electron chi connectivity index (χ0n) is 10.9. The van der Waals surface area contributed by atoms with Crippen molar-refractivity contribution in [2.24, 2.45) is 12.5 Å². The summed E-state index contributed by atoms with van der Waals surface area (Å²) in [4.78, 5) is 11.9. The van der Waals surface area contributed by atoms with Crippen LogP contribution in [0.1, 0.15) is 37.0 Å². The van der Waals surface area contributed by atoms with Crippen molar-refractivity contribution in [1.29, 1.82) is 0 Å². The van der Waals surface area contributed by atoms with Gasteiger partial charge in [-0.25, -0.2) is 0 Å². The van der Waals surface area contributed by atoms with Crippen LogP contribution < -0.4 is 5.32 Å². The van der Waals surface area contributed by atoms with E-state index in [0.29, 0.717) is 18.1 Å². The molecule has 0 aliphatic rings. The van der Waals surface area contributed by atoms with Crippen LogP contribution >= 0.6 is 11.6 Å². The molecule has 0 atom stereocenters. The fourth-order valence-electron chi connectivity index (χ4n) is 1.37. The Labute approximate surface area is 107 Å². The first-order valence-corrected chi connectivity index (χ1v) is 6.30. The number of aryl methyl sites for hydroxylation is 2. The molecule has 0 aliphatic carbocycles. The highest BCUT2D eigenvalue weighted by atomic mass is 35.5. The summed E-state index contributed by atoms with van der Waals surface area (Å²) in [7, 11) is 1.78. The fraction of sp³-hybridized carbons (Fsp3) is 0.667. The predicted octanol–water partition coefficient (Wildman–Crippen LogP) is 1.98. The number of alkyl halides is 1. The van der Waals surface area contributed by atoms with E-state index in [1.54, 1.807) is 11.7 Å². The van der Waals surface area contributed by atoms with Gasteiger partial charge in [0.25, 0.3) is 5.91 Å². The first-order valence-electron chi connectivity index (χ1n) is 5.76. The zero-order chi connectivity index (χ0) is 13.1. The fourth-order valence-corrected chi connectivity index (χ4v) is 1.46. The van der Waals surface area contributed by atoms with E-state index in [1.165, 1.54) is 0 Å². The standard InChI is InChI=1S/C12H20ClN3O/c1-5-9-6-10(16(4)15-9)11(17)14-8-12(2,3)7-13/h6H,5,7-8H2,1-4H3,(H,14,17). The average Bonchev–Trinajstić information content (AvgIpc) is 2.68. The van der Waals surface area contributed by atoms with Crippen LogP contribution in [-0.4, -0.2) is 28.1 Å². The summed E-state index contributed by atoms with van der Waals surface area (Å²) in [6, 6.07) is 1.82. The average molecular weight is 258 g/mol. The minimum Gasteiger partial charge on any atom is -0.350 e. The third-order valence-electron chi connectivity index (χ3n) is 2.61. The molecular formula is C12H20ClN3O. The largest absolute Gasteiger partial charge is 0.350 e. The van der Waals surface area contributed by atoms with Crippen molar-refractivity contribution in [2.45, 2.75) is 27.2 Å². The normalized spacial score (nSPS) is 11.6. The molecule has 17 heavy (non-hydrogen) atoms. The molecule has 0 aromatic carbocycles. The quantitative estimate of drug-likeness (QED) is 0.820. The highest BCUT2D eigenvalue weighted by Crippen LogP contribution is 2.15. The van der Waals surface area contributed by atoms with E-state index >= 15 is 0 Å². The monoisotopic (exact) mass is 257 g/mol. The van der Waals surface area contributed by atoms with Gasteiger partial charge < -0.3 is 5.32 Å². The van der Waals surface area contributed by atoms with Crippen molar-refractivity contribution in [3.8, 4) is 0 Å². The number of aromatic nitrogens is 2. The van der Waals surface area contributed by atoms with Gasteiger partial charge >= 0.3 is 0 Å². The molecule has 1 aromatic rings. The maximum absolute atomic E-state index is 11.9. The highest BCUT2D eigenvalue weighted by molar-refractivity contribution is 6.18. The zero-order valence-corrected chi connectivity index (χ0v) is 11.6. The summed E-state index contributed by atoms with van der Waals surface area (Å²) in [5.41, 5.74) is 1.42. The lowest BCUT2D eigenvalue weighted by molar-refractivity contribution is 0.0930. The van der Waals surface area contributed by atoms with E-state index in [0.717, 1.165) is 12.1 Å². The number of carbonyl (C=O) groups is 1. The molecule has 0 unspecified atom stereocenters. The van der Waals surface area contributed by atoms with Crippen LogP contribution in [0.2, 0.25) is 0 Å². The summed E-state index contributed by atoms with van der Waals surface area (Å²) < 4.78 is 1.61. The number of nitrogens with zero attached hydrogens (tertiary/aromatic N) is 2. The third-order valence-corrected chi connectivity index (χ3v) is 3.34. The maximum Gasteiger partial charge on any atom is 0.269 e. The molecule has 0 aliphatic heterocycles. The van der Waals surface area contributed by atoms with Crippen molar-refractivity contribution >= 4 is 17.5 Å². The molecule has 0 spiro atoms. The smallest absolute Gasteiger partial charge is 0.269 e. The van der Waals surface area contributed by atoms with E-state index in [-0.39, 0.29) is 11.3 Å². The van der Waals surface area contributed by atoms with Gasteiger partial charge in [-0.1, -0.05) is 20.8 Å². The number of hydrogen-bond acceptors (Lipinski definition) is 2. The molecule has 1 rings (SSSR count). The Morgan fingerprint density at radius 2 is 2.24 bits per heavy atom. The van der Waals surface area contributed by atoms with Crippen LogP contribution in [0.15, 0.2) is 6.07 Å². The van der Waals surface area contributed by atoms with Gasteiger partial charge in [-0.2, -0.15) is 5.10 Å². The lowest BCUT2D eigenvalue weighted by Gasteiger charge is -2.21. The van der Waals surface area contributed by atoms with Crippen molar-refractivity contribution in [3.63, 3.8) is 0 Å². The van der Waals surface area contributed by atoms with E-state index < -0.39 is 0 Å². The van der Waals surface area contributed by atoms with Gasteiger partial charge in [-0.15, -0.1) is 11.6 Å². The van der Waals surface area contributed by atoms with Crippen LogP contribution in [0.3, 0.4) is 0 Å². The molecular weight excluding hydrogens is 238 g/mol. The Bertz CT molecular complexity index is 398. The molecule has 5 heteroatoms. The number of rotatable bonds is 5. The van der Waals surface area contributed by atoms with Crippen LogP contribution in [-0.2, 0) is 13.5 Å². The van der Waals surface area contributed by atoms with E-state index in [1.807, 2.05) is 26.8 Å². The summed E-state index contributed by atoms with van der Waals surface area (Å²) >= 11 is 5.81. The van der Waals surface area contributed by atoms with Crippen LogP contribution in [0.4, 0.5) is 0 Å². The van der Waals surface area contributed by atoms with Crippen LogP contribution in [0, 0.1) is 5.41 Å². The first-order chi connectivity index (χ1) is 7.89. The topological polar surface area (TPSA) is 46.9 Å². The van der Waals surface area contributed by atoms with Gasteiger partial charge in [0.1, 0.15) is 5.69 Å². The number of nitrogens with one attached hydrogen (secondary N) is 1. The molecule has 0 radical (unpaired) electrons. The third kappa shape index (κ3) is 3.73. The molecule has 1 aromatic heterocycles. The summed E-state index contributed by atoms with van der Waals surface area (Å²) in [6.07, 6.45) is 0.828. The van der Waals surface area contributed by atoms with E-state index in [2.05, 4.69) is 10.4 Å². The Morgan fingerprint density at radius 1 is 1.59 bits per heavy atom. The van der Waals surface area contributed by atoms with Crippen LogP contribution in [0.5, 0.6) is 0 Å². The molecule has 0 fully saturated rings. The van der Waals surface area contributed by atoms with Crippen molar-refractivity contribution in [1.82, 2.24) is 15.1 Å². The van der Waals surface area contributed by atoms with Gasteiger partial charge in [0.15, 0.2) is 0 Å². The maximum atomic E-state index is 11.9. The predicted molar refractivity (Wildman–Crippen MR) is 69.4 cm³/mol. The van der Waals surface area contributed by atoms with Gasteiger partial charge in [-0.3, -0.25) is 9.48 Å². The number of hydrogen-bond donors (Lipinski definition) is 1. The number of halogens is 1. The van der Waals surface area contributed by atoms with Crippen molar-refractivity contribution < 1.29 is 4.79 Å². The highest BCUT2D eigenvalue weighted by Gasteiger charge is 2.19. The lowest BCUT2D eigenvalue weighted by Crippen LogP contribution is -2.35. The Balaban J connectivity index is 2.67. The van der Waals surface area contributed by atoms with Gasteiger partial charge in [0.2, 0.25) is 0 Å². The van der Waals surface area contributed by atoms with E-state index in [9.17, 15) is 4.79 Å². The second-order valence-corrected chi connectivity index (χ2v) is 5.25. The minimum atomic E-state index is -0.0992. The molecule has 0 saturated heterocycles. The molecule has 1 heterocycles. The number of amides is 1. The second-order valence-electron chi connectivity index (χ2n) is 4.98. The first kappa shape index (κ1) is 14.0. The SMILES string of the molecule is CCc1cc(C(=O)NCC(C)(C)CCl)n(C)n1. The molecule has 0 saturated carbocycles. The Morgan fingerprint density at radius 3 is 2.71 bits per heavy atom.